The summed E-state index contributed by atoms with van der Waals surface area (Å²) < 4.78 is 5.06. The fraction of sp³-hybridized carbons (Fsp3) is 0.368. The van der Waals surface area contributed by atoms with Crippen LogP contribution in [0.4, 0.5) is 0 Å². The highest BCUT2D eigenvalue weighted by Crippen LogP contribution is 2.41. The van der Waals surface area contributed by atoms with Crippen molar-refractivity contribution >= 4 is 29.2 Å². The lowest BCUT2D eigenvalue weighted by molar-refractivity contribution is 0.0523. The Kier molecular flexibility index (Phi) is 5.05. The molecule has 3 rings (SSSR count). The topological polar surface area (TPSA) is 95.8 Å². The molecule has 0 aliphatic heterocycles. The number of hydrogen-bond acceptors (Lipinski definition) is 6. The van der Waals surface area contributed by atoms with Crippen LogP contribution in [-0.2, 0) is 4.74 Å². The summed E-state index contributed by atoms with van der Waals surface area (Å²) in [5, 5.41) is 12.4. The Morgan fingerprint density at radius 2 is 2.08 bits per heavy atom. The average Bonchev–Trinajstić information content (AvgIpc) is 3.27. The molecule has 1 N–H and O–H groups in total. The van der Waals surface area contributed by atoms with Crippen molar-refractivity contribution < 1.29 is 14.3 Å². The number of nitrogens with one attached hydrogen (secondary N) is 1. The van der Waals surface area contributed by atoms with Gasteiger partial charge in [0.2, 0.25) is 5.78 Å². The SMILES string of the molecule is CCOC(=O)c1c(C)[nH]c(C)c1C(=O)/C(C#N)=C/c1csc(C2CC2)n1. The Labute approximate surface area is 155 Å². The van der Waals surface area contributed by atoms with Gasteiger partial charge in [-0.2, -0.15) is 5.26 Å². The molecule has 0 amide bonds. The number of aromatic amines is 1. The molecule has 1 fully saturated rings. The zero-order valence-electron chi connectivity index (χ0n) is 14.9. The van der Waals surface area contributed by atoms with Crippen molar-refractivity contribution in [3.05, 3.63) is 44.2 Å². The summed E-state index contributed by atoms with van der Waals surface area (Å²) in [5.74, 6) is -0.550. The van der Waals surface area contributed by atoms with E-state index in [2.05, 4.69) is 9.97 Å². The number of carbonyl (C=O) groups excluding carboxylic acids is 2. The summed E-state index contributed by atoms with van der Waals surface area (Å²) in [6.45, 7) is 5.31. The molecular weight excluding hydrogens is 350 g/mol. The smallest absolute Gasteiger partial charge is 0.340 e. The van der Waals surface area contributed by atoms with Crippen LogP contribution in [0, 0.1) is 25.2 Å². The molecule has 26 heavy (non-hydrogen) atoms. The predicted octanol–water partition coefficient (Wildman–Crippen LogP) is 3.93. The number of ketones is 1. The summed E-state index contributed by atoms with van der Waals surface area (Å²) in [7, 11) is 0. The molecule has 2 heterocycles. The maximum absolute atomic E-state index is 13.0. The van der Waals surface area contributed by atoms with Crippen molar-refractivity contribution in [3.63, 3.8) is 0 Å². The molecule has 2 aromatic heterocycles. The fourth-order valence-electron chi connectivity index (χ4n) is 2.84. The normalized spacial score (nSPS) is 14.2. The Balaban J connectivity index is 1.97. The van der Waals surface area contributed by atoms with Gasteiger partial charge < -0.3 is 9.72 Å². The van der Waals surface area contributed by atoms with Gasteiger partial charge in [0.25, 0.3) is 0 Å². The number of hydrogen-bond donors (Lipinski definition) is 1. The molecule has 0 atom stereocenters. The van der Waals surface area contributed by atoms with Gasteiger partial charge in [0.05, 0.1) is 28.4 Å². The number of thiazole rings is 1. The molecule has 0 aromatic carbocycles. The van der Waals surface area contributed by atoms with E-state index in [1.54, 1.807) is 32.1 Å². The lowest BCUT2D eigenvalue weighted by atomic mass is 9.99. The first-order valence-electron chi connectivity index (χ1n) is 8.44. The van der Waals surface area contributed by atoms with E-state index in [-0.39, 0.29) is 23.3 Å². The third-order valence-corrected chi connectivity index (χ3v) is 5.23. The van der Waals surface area contributed by atoms with Gasteiger partial charge in [0.15, 0.2) is 0 Å². The second-order valence-electron chi connectivity index (χ2n) is 6.23. The van der Waals surface area contributed by atoms with E-state index in [9.17, 15) is 14.9 Å². The van der Waals surface area contributed by atoms with Crippen molar-refractivity contribution in [2.45, 2.75) is 39.5 Å². The molecule has 0 saturated heterocycles. The molecule has 7 heteroatoms. The van der Waals surface area contributed by atoms with Gasteiger partial charge in [0.1, 0.15) is 11.6 Å². The fourth-order valence-corrected chi connectivity index (χ4v) is 3.79. The van der Waals surface area contributed by atoms with Crippen LogP contribution < -0.4 is 0 Å². The van der Waals surface area contributed by atoms with Gasteiger partial charge in [-0.15, -0.1) is 11.3 Å². The Morgan fingerprint density at radius 3 is 2.69 bits per heavy atom. The first-order chi connectivity index (χ1) is 12.5. The van der Waals surface area contributed by atoms with Crippen molar-refractivity contribution in [2.75, 3.05) is 6.61 Å². The van der Waals surface area contributed by atoms with Gasteiger partial charge in [-0.05, 0) is 39.7 Å². The first-order valence-corrected chi connectivity index (χ1v) is 9.32. The Hall–Kier alpha value is -2.72. The lowest BCUT2D eigenvalue weighted by Crippen LogP contribution is -2.13. The number of esters is 1. The molecule has 0 bridgehead atoms. The average molecular weight is 369 g/mol. The standard InChI is InChI=1S/C19H19N3O3S/c1-4-25-19(24)16-11(3)21-10(2)15(16)17(23)13(8-20)7-14-9-26-18(22-14)12-5-6-12/h7,9,12,21H,4-6H2,1-3H3/b13-7+. The molecule has 6 nitrogen and oxygen atoms in total. The molecule has 2 aromatic rings. The zero-order chi connectivity index (χ0) is 18.8. The van der Waals surface area contributed by atoms with E-state index < -0.39 is 11.8 Å². The van der Waals surface area contributed by atoms with E-state index in [1.165, 1.54) is 6.08 Å². The minimum atomic E-state index is -0.570. The number of H-pyrrole nitrogens is 1. The van der Waals surface area contributed by atoms with E-state index in [1.807, 2.05) is 11.4 Å². The molecule has 0 unspecified atom stereocenters. The van der Waals surface area contributed by atoms with Crippen molar-refractivity contribution in [1.82, 2.24) is 9.97 Å². The van der Waals surface area contributed by atoms with Crippen LogP contribution in [0.1, 0.15) is 68.5 Å². The summed E-state index contributed by atoms with van der Waals surface area (Å²) in [5.41, 5.74) is 2.01. The monoisotopic (exact) mass is 369 g/mol. The van der Waals surface area contributed by atoms with Gasteiger partial charge in [0, 0.05) is 22.7 Å². The van der Waals surface area contributed by atoms with Gasteiger partial charge >= 0.3 is 5.97 Å². The highest BCUT2D eigenvalue weighted by atomic mass is 32.1. The summed E-state index contributed by atoms with van der Waals surface area (Å²) in [6, 6.07) is 1.95. The molecule has 1 aliphatic rings. The molecule has 1 saturated carbocycles. The minimum absolute atomic E-state index is 0.0507. The molecular formula is C19H19N3O3S. The van der Waals surface area contributed by atoms with Crippen LogP contribution in [0.3, 0.4) is 0 Å². The van der Waals surface area contributed by atoms with Crippen LogP contribution in [0.5, 0.6) is 0 Å². The number of nitriles is 1. The number of ether oxygens (including phenoxy) is 1. The maximum Gasteiger partial charge on any atom is 0.340 e. The Bertz CT molecular complexity index is 942. The number of carbonyl (C=O) groups is 2. The summed E-state index contributed by atoms with van der Waals surface area (Å²) in [6.07, 6.45) is 3.78. The largest absolute Gasteiger partial charge is 0.462 e. The second-order valence-corrected chi connectivity index (χ2v) is 7.12. The van der Waals surface area contributed by atoms with E-state index in [0.29, 0.717) is 23.0 Å². The van der Waals surface area contributed by atoms with Crippen LogP contribution in [0.2, 0.25) is 0 Å². The van der Waals surface area contributed by atoms with Gasteiger partial charge in [-0.25, -0.2) is 9.78 Å². The third-order valence-electron chi connectivity index (χ3n) is 4.21. The highest BCUT2D eigenvalue weighted by molar-refractivity contribution is 7.09. The van der Waals surface area contributed by atoms with Gasteiger partial charge in [-0.3, -0.25) is 4.79 Å². The zero-order valence-corrected chi connectivity index (χ0v) is 15.7. The summed E-state index contributed by atoms with van der Waals surface area (Å²) in [4.78, 5) is 32.7. The minimum Gasteiger partial charge on any atom is -0.462 e. The molecule has 134 valence electrons. The van der Waals surface area contributed by atoms with E-state index >= 15 is 0 Å². The number of rotatable bonds is 6. The van der Waals surface area contributed by atoms with Gasteiger partial charge in [-0.1, -0.05) is 0 Å². The Morgan fingerprint density at radius 1 is 1.38 bits per heavy atom. The summed E-state index contributed by atoms with van der Waals surface area (Å²) >= 11 is 1.55. The van der Waals surface area contributed by atoms with Crippen LogP contribution >= 0.6 is 11.3 Å². The lowest BCUT2D eigenvalue weighted by Gasteiger charge is -2.05. The molecule has 0 spiro atoms. The second kappa shape index (κ2) is 7.26. The molecule has 0 radical (unpaired) electrons. The first kappa shape index (κ1) is 18.1. The third kappa shape index (κ3) is 3.46. The number of aryl methyl sites for hydroxylation is 2. The van der Waals surface area contributed by atoms with Crippen molar-refractivity contribution in [2.24, 2.45) is 0 Å². The van der Waals surface area contributed by atoms with Crippen LogP contribution in [0.25, 0.3) is 6.08 Å². The molecule has 1 aliphatic carbocycles. The maximum atomic E-state index is 13.0. The van der Waals surface area contributed by atoms with Crippen LogP contribution in [-0.4, -0.2) is 28.3 Å². The van der Waals surface area contributed by atoms with Crippen molar-refractivity contribution in [3.8, 4) is 6.07 Å². The number of allylic oxidation sites excluding steroid dienone is 1. The van der Waals surface area contributed by atoms with E-state index in [4.69, 9.17) is 4.74 Å². The predicted molar refractivity (Wildman–Crippen MR) is 98.2 cm³/mol. The number of nitrogens with zero attached hydrogens (tertiary/aromatic N) is 2. The highest BCUT2D eigenvalue weighted by Gasteiger charge is 2.28. The number of aromatic nitrogens is 2. The quantitative estimate of drug-likeness (QED) is 0.360. The van der Waals surface area contributed by atoms with Crippen LogP contribution in [0.15, 0.2) is 11.0 Å². The number of Topliss-reactive ketones (excluding diaryl/α,β-unsaturated/α-hetero) is 1. The van der Waals surface area contributed by atoms with E-state index in [0.717, 1.165) is 17.8 Å². The van der Waals surface area contributed by atoms with Crippen molar-refractivity contribution in [1.29, 1.82) is 5.26 Å².